The Morgan fingerprint density at radius 3 is 2.25 bits per heavy atom. The van der Waals surface area contributed by atoms with Crippen molar-refractivity contribution in [1.82, 2.24) is 0 Å². The number of hydrogen-bond donors (Lipinski definition) is 0. The van der Waals surface area contributed by atoms with E-state index >= 15 is 0 Å². The van der Waals surface area contributed by atoms with E-state index in [-0.39, 0.29) is 5.97 Å². The lowest BCUT2D eigenvalue weighted by Gasteiger charge is -2.23. The molecule has 0 spiro atoms. The fourth-order valence-corrected chi connectivity index (χ4v) is 4.72. The topological polar surface area (TPSA) is 26.3 Å². The maximum atomic E-state index is 11.2. The van der Waals surface area contributed by atoms with E-state index in [1.54, 1.807) is 6.92 Å². The third kappa shape index (κ3) is 11.3. The van der Waals surface area contributed by atoms with Gasteiger partial charge in [0.25, 0.3) is 0 Å². The van der Waals surface area contributed by atoms with Crippen molar-refractivity contribution in [2.24, 2.45) is 5.92 Å². The molecule has 0 heterocycles. The maximum absolute atomic E-state index is 11.2. The van der Waals surface area contributed by atoms with Crippen LogP contribution in [0.1, 0.15) is 52.4 Å². The van der Waals surface area contributed by atoms with E-state index in [1.165, 1.54) is 31.7 Å². The third-order valence-electron chi connectivity index (χ3n) is 3.57. The molecule has 1 atom stereocenters. The third-order valence-corrected chi connectivity index (χ3v) is 5.37. The number of carbonyl (C=O) groups excluding carboxylic acids is 1. The number of hydrogen-bond acceptors (Lipinski definition) is 2. The molecule has 1 unspecified atom stereocenters. The molecular formula is C17H34O2Si. The fourth-order valence-electron chi connectivity index (χ4n) is 2.49. The molecule has 2 nitrogen and oxygen atoms in total. The van der Waals surface area contributed by atoms with Gasteiger partial charge in [-0.1, -0.05) is 71.3 Å². The summed E-state index contributed by atoms with van der Waals surface area (Å²) < 4.78 is 5.09. The molecule has 0 N–H and O–H groups in total. The lowest BCUT2D eigenvalue weighted by atomic mass is 10.00. The number of rotatable bonds is 11. The van der Waals surface area contributed by atoms with Crippen molar-refractivity contribution in [1.29, 1.82) is 0 Å². The largest absolute Gasteiger partial charge is 0.462 e. The highest BCUT2D eigenvalue weighted by molar-refractivity contribution is 6.76. The molecule has 0 aliphatic carbocycles. The molecule has 0 radical (unpaired) electrons. The minimum absolute atomic E-state index is 0.258. The van der Waals surface area contributed by atoms with Crippen LogP contribution in [0, 0.1) is 5.92 Å². The molecule has 0 saturated heterocycles. The SMILES string of the molecule is C=C(C)C(=O)OCCCCCCC(CC)C[Si](C)(C)C. The number of unbranched alkanes of at least 4 members (excludes halogenated alkanes) is 3. The summed E-state index contributed by atoms with van der Waals surface area (Å²) in [5.41, 5.74) is 0.488. The van der Waals surface area contributed by atoms with Gasteiger partial charge in [0.1, 0.15) is 0 Å². The Bertz CT molecular complexity index is 292. The van der Waals surface area contributed by atoms with Gasteiger partial charge in [-0.15, -0.1) is 0 Å². The molecule has 3 heteroatoms. The first kappa shape index (κ1) is 19.4. The Kier molecular flexibility index (Phi) is 9.90. The summed E-state index contributed by atoms with van der Waals surface area (Å²) in [6.45, 7) is 15.5. The summed E-state index contributed by atoms with van der Waals surface area (Å²) in [7, 11) is -0.912. The molecule has 0 aliphatic rings. The molecular weight excluding hydrogens is 264 g/mol. The summed E-state index contributed by atoms with van der Waals surface area (Å²) in [5.74, 6) is 0.661. The van der Waals surface area contributed by atoms with E-state index in [4.69, 9.17) is 4.74 Å². The summed E-state index contributed by atoms with van der Waals surface area (Å²) in [4.78, 5) is 11.2. The second-order valence-electron chi connectivity index (χ2n) is 7.16. The van der Waals surface area contributed by atoms with Crippen LogP contribution in [0.25, 0.3) is 0 Å². The van der Waals surface area contributed by atoms with Gasteiger partial charge in [0.2, 0.25) is 0 Å². The summed E-state index contributed by atoms with van der Waals surface area (Å²) >= 11 is 0. The Morgan fingerprint density at radius 1 is 1.15 bits per heavy atom. The monoisotopic (exact) mass is 298 g/mol. The van der Waals surface area contributed by atoms with Gasteiger partial charge in [0.05, 0.1) is 6.61 Å². The van der Waals surface area contributed by atoms with E-state index in [9.17, 15) is 4.79 Å². The Labute approximate surface area is 127 Å². The second kappa shape index (κ2) is 10.2. The van der Waals surface area contributed by atoms with Crippen LogP contribution in [0.4, 0.5) is 0 Å². The van der Waals surface area contributed by atoms with Crippen molar-refractivity contribution < 1.29 is 9.53 Å². The summed E-state index contributed by atoms with van der Waals surface area (Å²) in [6.07, 6.45) is 7.40. The average molecular weight is 299 g/mol. The zero-order valence-corrected chi connectivity index (χ0v) is 15.3. The first-order chi connectivity index (χ1) is 9.26. The van der Waals surface area contributed by atoms with Gasteiger partial charge in [-0.25, -0.2) is 4.79 Å². The molecule has 0 bridgehead atoms. The van der Waals surface area contributed by atoms with E-state index in [1.807, 2.05) is 0 Å². The highest BCUT2D eigenvalue weighted by Gasteiger charge is 2.18. The van der Waals surface area contributed by atoms with Crippen LogP contribution in [0.5, 0.6) is 0 Å². The lowest BCUT2D eigenvalue weighted by Crippen LogP contribution is -2.23. The minimum Gasteiger partial charge on any atom is -0.462 e. The Balaban J connectivity index is 3.56. The van der Waals surface area contributed by atoms with Crippen LogP contribution in [0.2, 0.25) is 25.7 Å². The molecule has 0 aromatic carbocycles. The van der Waals surface area contributed by atoms with Gasteiger partial charge in [-0.2, -0.15) is 0 Å². The fraction of sp³-hybridized carbons (Fsp3) is 0.824. The number of ether oxygens (including phenoxy) is 1. The first-order valence-electron chi connectivity index (χ1n) is 8.09. The first-order valence-corrected chi connectivity index (χ1v) is 11.8. The smallest absolute Gasteiger partial charge is 0.333 e. The van der Waals surface area contributed by atoms with Crippen LogP contribution >= 0.6 is 0 Å². The zero-order chi connectivity index (χ0) is 15.6. The highest BCUT2D eigenvalue weighted by Crippen LogP contribution is 2.24. The van der Waals surface area contributed by atoms with E-state index in [0.717, 1.165) is 18.8 Å². The van der Waals surface area contributed by atoms with E-state index < -0.39 is 8.07 Å². The maximum Gasteiger partial charge on any atom is 0.333 e. The van der Waals surface area contributed by atoms with Crippen molar-refractivity contribution >= 4 is 14.0 Å². The van der Waals surface area contributed by atoms with Gasteiger partial charge in [-0.05, 0) is 19.3 Å². The normalized spacial score (nSPS) is 13.1. The van der Waals surface area contributed by atoms with Gasteiger partial charge in [-0.3, -0.25) is 0 Å². The van der Waals surface area contributed by atoms with Crippen molar-refractivity contribution in [3.63, 3.8) is 0 Å². The number of carbonyl (C=O) groups is 1. The quantitative estimate of drug-likeness (QED) is 0.220. The summed E-state index contributed by atoms with van der Waals surface area (Å²) in [6, 6.07) is 1.46. The van der Waals surface area contributed by atoms with Crippen LogP contribution in [0.15, 0.2) is 12.2 Å². The molecule has 20 heavy (non-hydrogen) atoms. The van der Waals surface area contributed by atoms with Crippen molar-refractivity contribution in [2.75, 3.05) is 6.61 Å². The molecule has 0 aromatic rings. The van der Waals surface area contributed by atoms with E-state index in [2.05, 4.69) is 33.1 Å². The number of esters is 1. The predicted octanol–water partition coefficient (Wildman–Crippen LogP) is 5.42. The van der Waals surface area contributed by atoms with Crippen molar-refractivity contribution in [3.05, 3.63) is 12.2 Å². The minimum atomic E-state index is -0.912. The Hall–Kier alpha value is -0.573. The molecule has 0 fully saturated rings. The lowest BCUT2D eigenvalue weighted by molar-refractivity contribution is -0.139. The second-order valence-corrected chi connectivity index (χ2v) is 12.7. The van der Waals surface area contributed by atoms with Crippen LogP contribution in [0.3, 0.4) is 0 Å². The molecule has 0 amide bonds. The van der Waals surface area contributed by atoms with E-state index in [0.29, 0.717) is 12.2 Å². The van der Waals surface area contributed by atoms with Crippen LogP contribution in [-0.4, -0.2) is 20.7 Å². The molecule has 0 aliphatic heterocycles. The standard InChI is InChI=1S/C17H34O2Si/c1-7-16(14-20(4,5)6)12-10-8-9-11-13-19-17(18)15(2)3/h16H,2,7-14H2,1,3-6H3. The predicted molar refractivity (Wildman–Crippen MR) is 90.8 cm³/mol. The average Bonchev–Trinajstić information content (AvgIpc) is 2.34. The van der Waals surface area contributed by atoms with Crippen molar-refractivity contribution in [3.8, 4) is 0 Å². The van der Waals surface area contributed by atoms with Gasteiger partial charge in [0, 0.05) is 13.6 Å². The van der Waals surface area contributed by atoms with Gasteiger partial charge < -0.3 is 4.74 Å². The van der Waals surface area contributed by atoms with Gasteiger partial charge in [0.15, 0.2) is 0 Å². The van der Waals surface area contributed by atoms with Crippen LogP contribution in [-0.2, 0) is 9.53 Å². The molecule has 0 aromatic heterocycles. The Morgan fingerprint density at radius 2 is 1.75 bits per heavy atom. The highest BCUT2D eigenvalue weighted by atomic mass is 28.3. The van der Waals surface area contributed by atoms with Crippen molar-refractivity contribution in [2.45, 2.75) is 78.1 Å². The van der Waals surface area contributed by atoms with Crippen LogP contribution < -0.4 is 0 Å². The molecule has 0 rings (SSSR count). The molecule has 0 saturated carbocycles. The molecule has 118 valence electrons. The van der Waals surface area contributed by atoms with Gasteiger partial charge >= 0.3 is 5.97 Å². The zero-order valence-electron chi connectivity index (χ0n) is 14.3. The summed E-state index contributed by atoms with van der Waals surface area (Å²) in [5, 5.41) is 0.